The lowest BCUT2D eigenvalue weighted by molar-refractivity contribution is -0.153. The zero-order valence-corrected chi connectivity index (χ0v) is 13.4. The van der Waals surface area contributed by atoms with Crippen LogP contribution >= 0.6 is 55.1 Å². The van der Waals surface area contributed by atoms with E-state index in [0.29, 0.717) is 9.65 Å². The minimum atomic E-state index is -0.369. The highest BCUT2D eigenvalue weighted by atomic mass is 79.9. The van der Waals surface area contributed by atoms with Crippen molar-refractivity contribution in [2.24, 2.45) is 5.92 Å². The number of hydrogen-bond acceptors (Lipinski definition) is 2. The molecule has 0 unspecified atom stereocenters. The molecule has 16 heavy (non-hydrogen) atoms. The van der Waals surface area contributed by atoms with Crippen molar-refractivity contribution in [1.82, 2.24) is 0 Å². The van der Waals surface area contributed by atoms with Crippen molar-refractivity contribution in [2.45, 2.75) is 35.0 Å². The molecule has 0 N–H and O–H groups in total. The Morgan fingerprint density at radius 2 is 1.88 bits per heavy atom. The number of alkyl halides is 4. The van der Waals surface area contributed by atoms with Gasteiger partial charge >= 0.3 is 5.97 Å². The van der Waals surface area contributed by atoms with E-state index in [1.807, 2.05) is 0 Å². The quantitative estimate of drug-likeness (QED) is 0.535. The summed E-state index contributed by atoms with van der Waals surface area (Å²) in [6.45, 7) is 0. The Morgan fingerprint density at radius 1 is 1.25 bits per heavy atom. The summed E-state index contributed by atoms with van der Waals surface area (Å²) in [4.78, 5) is 12.6. The monoisotopic (exact) mass is 394 g/mol. The Hall–Kier alpha value is 1.01. The zero-order valence-electron chi connectivity index (χ0n) is 8.67. The second-order valence-electron chi connectivity index (χ2n) is 3.91. The van der Waals surface area contributed by atoms with Gasteiger partial charge in [-0.3, -0.25) is 4.79 Å². The summed E-state index contributed by atoms with van der Waals surface area (Å²) in [6, 6.07) is 0. The van der Waals surface area contributed by atoms with Crippen LogP contribution in [-0.4, -0.2) is 33.5 Å². The van der Waals surface area contributed by atoms with Crippen LogP contribution in [0, 0.1) is 5.92 Å². The number of hydrogen-bond donors (Lipinski definition) is 0. The number of esters is 1. The molecule has 0 saturated heterocycles. The van der Waals surface area contributed by atoms with Gasteiger partial charge in [0, 0.05) is 9.65 Å². The van der Waals surface area contributed by atoms with Crippen molar-refractivity contribution in [3.8, 4) is 0 Å². The summed E-state index contributed by atoms with van der Waals surface area (Å²) in [5, 5.41) is 0. The van der Waals surface area contributed by atoms with E-state index in [-0.39, 0.29) is 29.8 Å². The standard InChI is InChI=1S/C10H14Br2Cl2O2/c11-8-2-1-6(3-9(8)12)10(15)16-7(4-13)5-14/h6-9H,1-5H2/t6-,8-,9-/m1/s1. The maximum atomic E-state index is 11.8. The fourth-order valence-electron chi connectivity index (χ4n) is 1.66. The van der Waals surface area contributed by atoms with E-state index in [9.17, 15) is 4.79 Å². The molecule has 0 aromatic carbocycles. The van der Waals surface area contributed by atoms with Gasteiger partial charge in [0.15, 0.2) is 0 Å². The van der Waals surface area contributed by atoms with E-state index in [1.165, 1.54) is 0 Å². The van der Waals surface area contributed by atoms with Gasteiger partial charge in [0.2, 0.25) is 0 Å². The number of carbonyl (C=O) groups is 1. The van der Waals surface area contributed by atoms with Gasteiger partial charge in [-0.05, 0) is 19.3 Å². The molecule has 1 rings (SSSR count). The van der Waals surface area contributed by atoms with Gasteiger partial charge in [-0.25, -0.2) is 0 Å². The van der Waals surface area contributed by atoms with Crippen LogP contribution in [-0.2, 0) is 9.53 Å². The van der Waals surface area contributed by atoms with Crippen LogP contribution in [0.2, 0.25) is 0 Å². The van der Waals surface area contributed by atoms with Crippen molar-refractivity contribution < 1.29 is 9.53 Å². The van der Waals surface area contributed by atoms with E-state index in [0.717, 1.165) is 19.3 Å². The third-order valence-corrected chi connectivity index (χ3v) is 6.16. The molecule has 0 heterocycles. The molecule has 2 nitrogen and oxygen atoms in total. The average Bonchev–Trinajstić information content (AvgIpc) is 2.29. The average molecular weight is 397 g/mol. The zero-order chi connectivity index (χ0) is 12.1. The molecule has 1 aliphatic rings. The van der Waals surface area contributed by atoms with Gasteiger partial charge in [0.25, 0.3) is 0 Å². The first kappa shape index (κ1) is 15.1. The fourth-order valence-corrected chi connectivity index (χ4v) is 3.31. The van der Waals surface area contributed by atoms with Gasteiger partial charge in [-0.15, -0.1) is 23.2 Å². The van der Waals surface area contributed by atoms with Gasteiger partial charge in [0.05, 0.1) is 17.7 Å². The Bertz CT molecular complexity index is 237. The molecule has 0 aromatic heterocycles. The molecular formula is C10H14Br2Cl2O2. The predicted octanol–water partition coefficient (Wildman–Crippen LogP) is 3.70. The molecule has 3 atom stereocenters. The van der Waals surface area contributed by atoms with E-state index >= 15 is 0 Å². The molecule has 0 aliphatic heterocycles. The van der Waals surface area contributed by atoms with Crippen molar-refractivity contribution >= 4 is 61.0 Å². The van der Waals surface area contributed by atoms with E-state index in [4.69, 9.17) is 27.9 Å². The molecular weight excluding hydrogens is 383 g/mol. The highest BCUT2D eigenvalue weighted by Gasteiger charge is 2.32. The maximum absolute atomic E-state index is 11.8. The van der Waals surface area contributed by atoms with Gasteiger partial charge in [-0.1, -0.05) is 31.9 Å². The summed E-state index contributed by atoms with van der Waals surface area (Å²) in [6.07, 6.45) is 2.26. The Morgan fingerprint density at radius 3 is 2.38 bits per heavy atom. The van der Waals surface area contributed by atoms with Crippen molar-refractivity contribution in [2.75, 3.05) is 11.8 Å². The van der Waals surface area contributed by atoms with Crippen LogP contribution in [0.25, 0.3) is 0 Å². The first-order valence-corrected chi connectivity index (χ1v) is 8.09. The highest BCUT2D eigenvalue weighted by Crippen LogP contribution is 2.34. The van der Waals surface area contributed by atoms with Crippen LogP contribution in [0.5, 0.6) is 0 Å². The highest BCUT2D eigenvalue weighted by molar-refractivity contribution is 9.12. The summed E-state index contributed by atoms with van der Waals surface area (Å²) in [5.41, 5.74) is 0. The van der Waals surface area contributed by atoms with Gasteiger partial charge in [0.1, 0.15) is 6.10 Å². The SMILES string of the molecule is O=C(OC(CCl)CCl)[C@@H]1CC[C@@H](Br)[C@H](Br)C1. The summed E-state index contributed by atoms with van der Waals surface area (Å²) < 4.78 is 5.23. The molecule has 1 aliphatic carbocycles. The van der Waals surface area contributed by atoms with Crippen LogP contribution < -0.4 is 0 Å². The lowest BCUT2D eigenvalue weighted by atomic mass is 9.89. The molecule has 0 spiro atoms. The van der Waals surface area contributed by atoms with Crippen LogP contribution in [0.4, 0.5) is 0 Å². The van der Waals surface area contributed by atoms with Crippen LogP contribution in [0.15, 0.2) is 0 Å². The van der Waals surface area contributed by atoms with E-state index < -0.39 is 0 Å². The van der Waals surface area contributed by atoms with Crippen LogP contribution in [0.1, 0.15) is 19.3 Å². The largest absolute Gasteiger partial charge is 0.460 e. The summed E-state index contributed by atoms with van der Waals surface area (Å²) >= 11 is 18.4. The number of ether oxygens (including phenoxy) is 1. The topological polar surface area (TPSA) is 26.3 Å². The first-order chi connectivity index (χ1) is 7.58. The minimum Gasteiger partial charge on any atom is -0.460 e. The van der Waals surface area contributed by atoms with Crippen molar-refractivity contribution in [1.29, 1.82) is 0 Å². The first-order valence-electron chi connectivity index (χ1n) is 5.19. The Labute approximate surface area is 123 Å². The number of rotatable bonds is 4. The summed E-state index contributed by atoms with van der Waals surface area (Å²) in [7, 11) is 0. The van der Waals surface area contributed by atoms with Crippen molar-refractivity contribution in [3.05, 3.63) is 0 Å². The second-order valence-corrected chi connectivity index (χ2v) is 6.88. The van der Waals surface area contributed by atoms with Crippen molar-refractivity contribution in [3.63, 3.8) is 0 Å². The predicted molar refractivity (Wildman–Crippen MR) is 74.1 cm³/mol. The molecule has 0 aromatic rings. The van der Waals surface area contributed by atoms with E-state index in [2.05, 4.69) is 31.9 Å². The fraction of sp³-hybridized carbons (Fsp3) is 0.900. The molecule has 94 valence electrons. The lowest BCUT2D eigenvalue weighted by Gasteiger charge is -2.29. The molecule has 0 amide bonds. The Balaban J connectivity index is 2.42. The summed E-state index contributed by atoms with van der Waals surface area (Å²) in [5.74, 6) is 0.295. The molecule has 0 bridgehead atoms. The third-order valence-electron chi connectivity index (χ3n) is 2.65. The maximum Gasteiger partial charge on any atom is 0.309 e. The van der Waals surface area contributed by atoms with Gasteiger partial charge in [-0.2, -0.15) is 0 Å². The normalized spacial score (nSPS) is 30.4. The minimum absolute atomic E-state index is 0.0351. The second kappa shape index (κ2) is 7.45. The molecule has 1 fully saturated rings. The Kier molecular flexibility index (Phi) is 7.01. The van der Waals surface area contributed by atoms with Gasteiger partial charge < -0.3 is 4.74 Å². The molecule has 1 saturated carbocycles. The molecule has 6 heteroatoms. The van der Waals surface area contributed by atoms with E-state index in [1.54, 1.807) is 0 Å². The number of halogens is 4. The number of carbonyl (C=O) groups excluding carboxylic acids is 1. The third kappa shape index (κ3) is 4.35. The molecule has 0 radical (unpaired) electrons. The lowest BCUT2D eigenvalue weighted by Crippen LogP contribution is -2.33. The smallest absolute Gasteiger partial charge is 0.309 e. The van der Waals surface area contributed by atoms with Crippen LogP contribution in [0.3, 0.4) is 0 Å².